The van der Waals surface area contributed by atoms with Crippen molar-refractivity contribution in [3.63, 3.8) is 0 Å². The summed E-state index contributed by atoms with van der Waals surface area (Å²) in [5.41, 5.74) is 1.15. The van der Waals surface area contributed by atoms with Crippen LogP contribution in [0.4, 0.5) is 15.8 Å². The first-order valence-electron chi connectivity index (χ1n) is 9.29. The minimum Gasteiger partial charge on any atom is -0.455 e. The number of fused-ring (bicyclic) bond motifs is 1. The Kier molecular flexibility index (Phi) is 5.17. The normalized spacial score (nSPS) is 13.3. The number of carbonyl (C=O) groups is 1. The Hall–Kier alpha value is -3.39. The van der Waals surface area contributed by atoms with Crippen LogP contribution in [0.3, 0.4) is 0 Å². The molecule has 154 valence electrons. The highest BCUT2D eigenvalue weighted by molar-refractivity contribution is 7.92. The van der Waals surface area contributed by atoms with Crippen LogP contribution in [0.15, 0.2) is 71.6 Å². The fourth-order valence-corrected chi connectivity index (χ4v) is 4.57. The Morgan fingerprint density at radius 2 is 1.70 bits per heavy atom. The molecule has 0 unspecified atom stereocenters. The zero-order valence-electron chi connectivity index (χ0n) is 16.1. The molecule has 0 radical (unpaired) electrons. The lowest BCUT2D eigenvalue weighted by molar-refractivity contribution is -0.116. The molecule has 0 fully saturated rings. The van der Waals surface area contributed by atoms with Crippen LogP contribution in [0.5, 0.6) is 11.5 Å². The number of hydrogen-bond donors (Lipinski definition) is 1. The number of rotatable bonds is 5. The van der Waals surface area contributed by atoms with Crippen LogP contribution in [0.25, 0.3) is 0 Å². The van der Waals surface area contributed by atoms with E-state index in [0.29, 0.717) is 29.2 Å². The SMILES string of the molecule is CN(c1ccccc1Oc1ccccc1)S(=O)(=O)c1cc2c(cc1F)NC(=O)CC2. The van der Waals surface area contributed by atoms with Gasteiger partial charge in [-0.05, 0) is 48.4 Å². The van der Waals surface area contributed by atoms with Crippen molar-refractivity contribution in [2.75, 3.05) is 16.7 Å². The van der Waals surface area contributed by atoms with Crippen LogP contribution in [-0.2, 0) is 21.2 Å². The molecule has 0 saturated carbocycles. The molecular formula is C22H19FN2O4S. The van der Waals surface area contributed by atoms with Crippen molar-refractivity contribution in [2.24, 2.45) is 0 Å². The van der Waals surface area contributed by atoms with Crippen molar-refractivity contribution in [3.8, 4) is 11.5 Å². The van der Waals surface area contributed by atoms with Gasteiger partial charge < -0.3 is 10.1 Å². The number of ether oxygens (including phenoxy) is 1. The second-order valence-electron chi connectivity index (χ2n) is 6.84. The Labute approximate surface area is 174 Å². The number of para-hydroxylation sites is 3. The summed E-state index contributed by atoms with van der Waals surface area (Å²) in [4.78, 5) is 11.1. The lowest BCUT2D eigenvalue weighted by Gasteiger charge is -2.24. The summed E-state index contributed by atoms with van der Waals surface area (Å²) >= 11 is 0. The van der Waals surface area contributed by atoms with Gasteiger partial charge in [0.2, 0.25) is 5.91 Å². The van der Waals surface area contributed by atoms with Gasteiger partial charge in [-0.3, -0.25) is 9.10 Å². The number of nitrogens with zero attached hydrogens (tertiary/aromatic N) is 1. The molecule has 0 atom stereocenters. The highest BCUT2D eigenvalue weighted by Crippen LogP contribution is 2.36. The molecule has 3 aromatic rings. The molecule has 0 saturated heterocycles. The molecule has 1 aliphatic heterocycles. The van der Waals surface area contributed by atoms with Gasteiger partial charge in [0.15, 0.2) is 5.75 Å². The number of benzene rings is 3. The third-order valence-electron chi connectivity index (χ3n) is 4.87. The Balaban J connectivity index is 1.72. The van der Waals surface area contributed by atoms with Crippen LogP contribution < -0.4 is 14.4 Å². The number of nitrogens with one attached hydrogen (secondary N) is 1. The highest BCUT2D eigenvalue weighted by atomic mass is 32.2. The van der Waals surface area contributed by atoms with E-state index in [2.05, 4.69) is 5.32 Å². The van der Waals surface area contributed by atoms with E-state index in [1.807, 2.05) is 6.07 Å². The molecule has 1 aliphatic rings. The predicted molar refractivity (Wildman–Crippen MR) is 112 cm³/mol. The van der Waals surface area contributed by atoms with Gasteiger partial charge >= 0.3 is 0 Å². The van der Waals surface area contributed by atoms with Crippen molar-refractivity contribution >= 4 is 27.3 Å². The second-order valence-corrected chi connectivity index (χ2v) is 8.78. The van der Waals surface area contributed by atoms with Crippen molar-refractivity contribution in [2.45, 2.75) is 17.7 Å². The summed E-state index contributed by atoms with van der Waals surface area (Å²) in [5.74, 6) is -0.280. The first-order chi connectivity index (χ1) is 14.4. The number of carbonyl (C=O) groups excluding carboxylic acids is 1. The first kappa shape index (κ1) is 19.9. The van der Waals surface area contributed by atoms with Crippen molar-refractivity contribution in [1.29, 1.82) is 0 Å². The van der Waals surface area contributed by atoms with Gasteiger partial charge in [0.25, 0.3) is 10.0 Å². The average molecular weight is 426 g/mol. The van der Waals surface area contributed by atoms with E-state index in [1.54, 1.807) is 48.5 Å². The van der Waals surface area contributed by atoms with Crippen molar-refractivity contribution in [3.05, 3.63) is 78.1 Å². The van der Waals surface area contributed by atoms with Crippen molar-refractivity contribution in [1.82, 2.24) is 0 Å². The average Bonchev–Trinajstić information content (AvgIpc) is 2.73. The Morgan fingerprint density at radius 1 is 1.00 bits per heavy atom. The predicted octanol–water partition coefficient (Wildman–Crippen LogP) is 4.33. The summed E-state index contributed by atoms with van der Waals surface area (Å²) in [6, 6.07) is 17.9. The molecule has 0 aliphatic carbocycles. The molecule has 30 heavy (non-hydrogen) atoms. The van der Waals surface area contributed by atoms with Gasteiger partial charge in [0, 0.05) is 19.2 Å². The topological polar surface area (TPSA) is 75.7 Å². The third-order valence-corrected chi connectivity index (χ3v) is 6.65. The zero-order chi connectivity index (χ0) is 21.3. The van der Waals surface area contributed by atoms with Crippen LogP contribution in [-0.4, -0.2) is 21.4 Å². The number of aryl methyl sites for hydroxylation is 1. The standard InChI is InChI=1S/C22H19FN2O4S/c1-25(19-9-5-6-10-20(19)29-16-7-3-2-4-8-16)30(27,28)21-13-15-11-12-22(26)24-18(15)14-17(21)23/h2-10,13-14H,11-12H2,1H3,(H,24,26). The monoisotopic (exact) mass is 426 g/mol. The summed E-state index contributed by atoms with van der Waals surface area (Å²) in [5, 5.41) is 2.57. The van der Waals surface area contributed by atoms with Crippen LogP contribution in [0.2, 0.25) is 0 Å². The quantitative estimate of drug-likeness (QED) is 0.659. The van der Waals surface area contributed by atoms with E-state index in [0.717, 1.165) is 10.4 Å². The van der Waals surface area contributed by atoms with Gasteiger partial charge in [0.05, 0.1) is 5.69 Å². The van der Waals surface area contributed by atoms with Gasteiger partial charge in [-0.2, -0.15) is 0 Å². The zero-order valence-corrected chi connectivity index (χ0v) is 16.9. The van der Waals surface area contributed by atoms with Gasteiger partial charge in [-0.25, -0.2) is 12.8 Å². The molecule has 8 heteroatoms. The molecule has 0 aromatic heterocycles. The van der Waals surface area contributed by atoms with Gasteiger partial charge in [-0.1, -0.05) is 30.3 Å². The Bertz CT molecular complexity index is 1210. The smallest absolute Gasteiger partial charge is 0.267 e. The summed E-state index contributed by atoms with van der Waals surface area (Å²) in [6.45, 7) is 0. The van der Waals surface area contributed by atoms with Gasteiger partial charge in [0.1, 0.15) is 16.5 Å². The lowest BCUT2D eigenvalue weighted by atomic mass is 10.0. The number of hydrogen-bond acceptors (Lipinski definition) is 4. The summed E-state index contributed by atoms with van der Waals surface area (Å²) < 4.78 is 48.1. The minimum atomic E-state index is -4.22. The van der Waals surface area contributed by atoms with E-state index in [-0.39, 0.29) is 18.0 Å². The van der Waals surface area contributed by atoms with Crippen LogP contribution in [0, 0.1) is 5.82 Å². The molecule has 4 rings (SSSR count). The molecule has 1 heterocycles. The van der Waals surface area contributed by atoms with Gasteiger partial charge in [-0.15, -0.1) is 0 Å². The van der Waals surface area contributed by atoms with Crippen molar-refractivity contribution < 1.29 is 22.3 Å². The first-order valence-corrected chi connectivity index (χ1v) is 10.7. The molecule has 0 spiro atoms. The number of sulfonamides is 1. The van der Waals surface area contributed by atoms with Crippen LogP contribution in [0.1, 0.15) is 12.0 Å². The maximum atomic E-state index is 14.7. The molecular weight excluding hydrogens is 407 g/mol. The lowest BCUT2D eigenvalue weighted by Crippen LogP contribution is -2.28. The largest absolute Gasteiger partial charge is 0.455 e. The molecule has 1 amide bonds. The fraction of sp³-hybridized carbons (Fsp3) is 0.136. The van der Waals surface area contributed by atoms with Crippen LogP contribution >= 0.6 is 0 Å². The molecule has 6 nitrogen and oxygen atoms in total. The summed E-state index contributed by atoms with van der Waals surface area (Å²) in [6.07, 6.45) is 0.573. The van der Waals surface area contributed by atoms with E-state index >= 15 is 0 Å². The fourth-order valence-electron chi connectivity index (χ4n) is 3.27. The Morgan fingerprint density at radius 3 is 2.47 bits per heavy atom. The minimum absolute atomic E-state index is 0.221. The van der Waals surface area contributed by atoms with E-state index in [4.69, 9.17) is 4.74 Å². The van der Waals surface area contributed by atoms with E-state index in [1.165, 1.54) is 13.1 Å². The summed E-state index contributed by atoms with van der Waals surface area (Å²) in [7, 11) is -2.87. The number of halogens is 1. The maximum absolute atomic E-state index is 14.7. The molecule has 0 bridgehead atoms. The van der Waals surface area contributed by atoms with E-state index < -0.39 is 20.7 Å². The van der Waals surface area contributed by atoms with E-state index in [9.17, 15) is 17.6 Å². The molecule has 1 N–H and O–H groups in total. The molecule has 3 aromatic carbocycles. The number of amides is 1. The second kappa shape index (κ2) is 7.79. The number of anilines is 2. The highest BCUT2D eigenvalue weighted by Gasteiger charge is 2.29. The third kappa shape index (κ3) is 3.73. The maximum Gasteiger partial charge on any atom is 0.267 e.